The van der Waals surface area contributed by atoms with Crippen LogP contribution < -0.4 is 5.32 Å². The number of pyridine rings is 1. The molecule has 3 nitrogen and oxygen atoms in total. The molecule has 1 heterocycles. The lowest BCUT2D eigenvalue weighted by Crippen LogP contribution is -2.35. The number of halogens is 1. The minimum atomic E-state index is -0.299. The summed E-state index contributed by atoms with van der Waals surface area (Å²) in [4.78, 5) is 3.82. The van der Waals surface area contributed by atoms with Crippen molar-refractivity contribution in [1.29, 1.82) is 0 Å². The van der Waals surface area contributed by atoms with Gasteiger partial charge in [-0.15, -0.1) is 0 Å². The summed E-state index contributed by atoms with van der Waals surface area (Å²) in [6, 6.07) is 2.13. The number of nitrogens with one attached hydrogen (secondary N) is 1. The Morgan fingerprint density at radius 3 is 2.78 bits per heavy atom. The van der Waals surface area contributed by atoms with Crippen LogP contribution in [0.15, 0.2) is 18.5 Å². The molecule has 1 fully saturated rings. The maximum atomic E-state index is 12.9. The van der Waals surface area contributed by atoms with Gasteiger partial charge in [-0.3, -0.25) is 4.98 Å². The second-order valence-electron chi connectivity index (χ2n) is 4.85. The lowest BCUT2D eigenvalue weighted by molar-refractivity contribution is 0.0112. The maximum absolute atomic E-state index is 12.9. The molecule has 0 aromatic carbocycles. The molecule has 1 aliphatic carbocycles. The molecule has 18 heavy (non-hydrogen) atoms. The SMILES string of the molecule is CCNC1CCC(OCc2cncc(F)c2)CC1. The first-order valence-electron chi connectivity index (χ1n) is 6.72. The molecule has 0 amide bonds. The Labute approximate surface area is 108 Å². The molecule has 1 N–H and O–H groups in total. The van der Waals surface area contributed by atoms with Crippen LogP contribution in [0.4, 0.5) is 4.39 Å². The van der Waals surface area contributed by atoms with Gasteiger partial charge < -0.3 is 10.1 Å². The molecule has 2 rings (SSSR count). The number of hydrogen-bond acceptors (Lipinski definition) is 3. The Balaban J connectivity index is 1.72. The van der Waals surface area contributed by atoms with Gasteiger partial charge in [0.2, 0.25) is 0 Å². The first-order valence-corrected chi connectivity index (χ1v) is 6.72. The number of ether oxygens (including phenoxy) is 1. The number of nitrogens with zero attached hydrogens (tertiary/aromatic N) is 1. The van der Waals surface area contributed by atoms with Gasteiger partial charge in [0.05, 0.1) is 18.9 Å². The van der Waals surface area contributed by atoms with Crippen molar-refractivity contribution in [1.82, 2.24) is 10.3 Å². The van der Waals surface area contributed by atoms with Crippen molar-refractivity contribution in [3.05, 3.63) is 29.8 Å². The van der Waals surface area contributed by atoms with E-state index < -0.39 is 0 Å². The van der Waals surface area contributed by atoms with Gasteiger partial charge in [0.15, 0.2) is 0 Å². The molecule has 0 atom stereocenters. The third-order valence-corrected chi connectivity index (χ3v) is 3.41. The quantitative estimate of drug-likeness (QED) is 0.874. The van der Waals surface area contributed by atoms with Crippen molar-refractivity contribution in [2.45, 2.75) is 51.4 Å². The van der Waals surface area contributed by atoms with Crippen molar-refractivity contribution in [2.75, 3.05) is 6.54 Å². The topological polar surface area (TPSA) is 34.1 Å². The lowest BCUT2D eigenvalue weighted by Gasteiger charge is -2.29. The average Bonchev–Trinajstić information content (AvgIpc) is 2.38. The molecular formula is C14H21FN2O. The Morgan fingerprint density at radius 1 is 1.33 bits per heavy atom. The standard InChI is InChI=1S/C14H21FN2O/c1-2-17-13-3-5-14(6-4-13)18-10-11-7-12(15)9-16-8-11/h7-9,13-14,17H,2-6,10H2,1H3. The van der Waals surface area contributed by atoms with Gasteiger partial charge >= 0.3 is 0 Å². The van der Waals surface area contributed by atoms with Crippen LogP contribution in [0.3, 0.4) is 0 Å². The molecule has 4 heteroatoms. The van der Waals surface area contributed by atoms with Gasteiger partial charge in [-0.25, -0.2) is 4.39 Å². The molecule has 1 aliphatic rings. The van der Waals surface area contributed by atoms with E-state index in [-0.39, 0.29) is 5.82 Å². The first kappa shape index (κ1) is 13.4. The summed E-state index contributed by atoms with van der Waals surface area (Å²) < 4.78 is 18.8. The fraction of sp³-hybridized carbons (Fsp3) is 0.643. The largest absolute Gasteiger partial charge is 0.373 e. The highest BCUT2D eigenvalue weighted by atomic mass is 19.1. The van der Waals surface area contributed by atoms with E-state index in [1.165, 1.54) is 25.1 Å². The van der Waals surface area contributed by atoms with Crippen LogP contribution in [0, 0.1) is 5.82 Å². The number of hydrogen-bond donors (Lipinski definition) is 1. The van der Waals surface area contributed by atoms with E-state index in [4.69, 9.17) is 4.74 Å². The van der Waals surface area contributed by atoms with Gasteiger partial charge in [-0.05, 0) is 43.9 Å². The fourth-order valence-electron chi connectivity index (χ4n) is 2.47. The maximum Gasteiger partial charge on any atom is 0.141 e. The lowest BCUT2D eigenvalue weighted by atomic mass is 9.93. The number of aromatic nitrogens is 1. The predicted molar refractivity (Wildman–Crippen MR) is 68.7 cm³/mol. The molecule has 0 bridgehead atoms. The van der Waals surface area contributed by atoms with Crippen LogP contribution >= 0.6 is 0 Å². The third-order valence-electron chi connectivity index (χ3n) is 3.41. The molecule has 0 aliphatic heterocycles. The monoisotopic (exact) mass is 252 g/mol. The summed E-state index contributed by atoms with van der Waals surface area (Å²) in [5.74, 6) is -0.299. The van der Waals surface area contributed by atoms with Crippen LogP contribution in [0.25, 0.3) is 0 Å². The zero-order valence-corrected chi connectivity index (χ0v) is 10.9. The fourth-order valence-corrected chi connectivity index (χ4v) is 2.47. The Bertz CT molecular complexity index is 365. The van der Waals surface area contributed by atoms with Crippen molar-refractivity contribution in [3.8, 4) is 0 Å². The van der Waals surface area contributed by atoms with Crippen LogP contribution in [0.5, 0.6) is 0 Å². The second-order valence-corrected chi connectivity index (χ2v) is 4.85. The van der Waals surface area contributed by atoms with Crippen molar-refractivity contribution >= 4 is 0 Å². The summed E-state index contributed by atoms with van der Waals surface area (Å²) in [7, 11) is 0. The number of rotatable bonds is 5. The van der Waals surface area contributed by atoms with E-state index in [0.717, 1.165) is 24.9 Å². The van der Waals surface area contributed by atoms with Crippen molar-refractivity contribution < 1.29 is 9.13 Å². The summed E-state index contributed by atoms with van der Waals surface area (Å²) in [5, 5.41) is 3.47. The summed E-state index contributed by atoms with van der Waals surface area (Å²) >= 11 is 0. The first-order chi connectivity index (χ1) is 8.78. The summed E-state index contributed by atoms with van der Waals surface area (Å²) in [6.45, 7) is 3.63. The van der Waals surface area contributed by atoms with Crippen LogP contribution in [-0.4, -0.2) is 23.7 Å². The highest BCUT2D eigenvalue weighted by molar-refractivity contribution is 5.08. The van der Waals surface area contributed by atoms with E-state index in [2.05, 4.69) is 17.2 Å². The highest BCUT2D eigenvalue weighted by Crippen LogP contribution is 2.22. The molecule has 1 aromatic rings. The smallest absolute Gasteiger partial charge is 0.141 e. The van der Waals surface area contributed by atoms with Crippen LogP contribution in [-0.2, 0) is 11.3 Å². The van der Waals surface area contributed by atoms with Crippen LogP contribution in [0.2, 0.25) is 0 Å². The molecular weight excluding hydrogens is 231 g/mol. The van der Waals surface area contributed by atoms with Gasteiger partial charge in [-0.2, -0.15) is 0 Å². The highest BCUT2D eigenvalue weighted by Gasteiger charge is 2.20. The molecule has 100 valence electrons. The predicted octanol–water partition coefficient (Wildman–Crippen LogP) is 2.66. The van der Waals surface area contributed by atoms with Crippen molar-refractivity contribution in [3.63, 3.8) is 0 Å². The Morgan fingerprint density at radius 2 is 2.11 bits per heavy atom. The average molecular weight is 252 g/mol. The Hall–Kier alpha value is -1.00. The van der Waals surface area contributed by atoms with E-state index in [9.17, 15) is 4.39 Å². The summed E-state index contributed by atoms with van der Waals surface area (Å²) in [6.07, 6.45) is 7.68. The zero-order chi connectivity index (χ0) is 12.8. The van der Waals surface area contributed by atoms with E-state index in [1.54, 1.807) is 6.20 Å². The third kappa shape index (κ3) is 4.03. The van der Waals surface area contributed by atoms with Crippen LogP contribution in [0.1, 0.15) is 38.2 Å². The minimum absolute atomic E-state index is 0.299. The minimum Gasteiger partial charge on any atom is -0.373 e. The normalized spacial score (nSPS) is 24.1. The van der Waals surface area contributed by atoms with Crippen molar-refractivity contribution in [2.24, 2.45) is 0 Å². The molecule has 1 saturated carbocycles. The van der Waals surface area contributed by atoms with Gasteiger partial charge in [-0.1, -0.05) is 6.92 Å². The molecule has 1 aromatic heterocycles. The summed E-state index contributed by atoms with van der Waals surface area (Å²) in [5.41, 5.74) is 0.809. The van der Waals surface area contributed by atoms with E-state index in [1.807, 2.05) is 0 Å². The molecule has 0 spiro atoms. The molecule has 0 radical (unpaired) electrons. The second kappa shape index (κ2) is 6.81. The van der Waals surface area contributed by atoms with Gasteiger partial charge in [0.25, 0.3) is 0 Å². The Kier molecular flexibility index (Phi) is 5.08. The van der Waals surface area contributed by atoms with E-state index >= 15 is 0 Å². The molecule has 0 unspecified atom stereocenters. The van der Waals surface area contributed by atoms with E-state index in [0.29, 0.717) is 18.8 Å². The molecule has 0 saturated heterocycles. The zero-order valence-electron chi connectivity index (χ0n) is 10.9. The van der Waals surface area contributed by atoms with Gasteiger partial charge in [0.1, 0.15) is 5.82 Å². The van der Waals surface area contributed by atoms with Gasteiger partial charge in [0, 0.05) is 12.2 Å².